The van der Waals surface area contributed by atoms with Crippen LogP contribution in [0.4, 0.5) is 0 Å². The predicted molar refractivity (Wildman–Crippen MR) is 75.3 cm³/mol. The van der Waals surface area contributed by atoms with E-state index in [4.69, 9.17) is 11.6 Å². The zero-order chi connectivity index (χ0) is 15.1. The van der Waals surface area contributed by atoms with Crippen LogP contribution in [-0.4, -0.2) is 42.4 Å². The molecule has 2 aromatic rings. The van der Waals surface area contributed by atoms with Crippen molar-refractivity contribution >= 4 is 49.0 Å². The van der Waals surface area contributed by atoms with Gasteiger partial charge in [-0.1, -0.05) is 11.6 Å². The van der Waals surface area contributed by atoms with Crippen LogP contribution in [0.15, 0.2) is 16.9 Å². The van der Waals surface area contributed by atoms with Gasteiger partial charge in [0.1, 0.15) is 4.60 Å². The quantitative estimate of drug-likeness (QED) is 0.745. The Morgan fingerprint density at radius 1 is 1.55 bits per heavy atom. The van der Waals surface area contributed by atoms with E-state index in [9.17, 15) is 13.2 Å². The average Bonchev–Trinajstić information content (AvgIpc) is 2.69. The maximum Gasteiger partial charge on any atom is 0.328 e. The number of rotatable bonds is 3. The van der Waals surface area contributed by atoms with Crippen molar-refractivity contribution in [1.82, 2.24) is 14.6 Å². The number of aromatic nitrogens is 3. The third-order valence-corrected chi connectivity index (χ3v) is 4.58. The maximum absolute atomic E-state index is 11.9. The molecule has 2 heterocycles. The van der Waals surface area contributed by atoms with Gasteiger partial charge in [-0.2, -0.15) is 5.10 Å². The fraction of sp³-hybridized carbons (Fsp3) is 0.300. The molecule has 0 amide bonds. The first kappa shape index (κ1) is 15.2. The molecule has 0 N–H and O–H groups in total. The standard InChI is InChI=1S/C10H9BrClN3O4S/c1-19-10(16)8(20(2,17)18)5-3-7(12)14-15-6(11)4-13-9(5)15/h3-4,8H,1-2H3. The third-order valence-electron chi connectivity index (χ3n) is 2.55. The van der Waals surface area contributed by atoms with Crippen molar-refractivity contribution in [2.75, 3.05) is 13.4 Å². The smallest absolute Gasteiger partial charge is 0.328 e. The first-order valence-electron chi connectivity index (χ1n) is 5.22. The molecule has 0 saturated carbocycles. The molecule has 0 spiro atoms. The molecule has 0 bridgehead atoms. The van der Waals surface area contributed by atoms with E-state index in [-0.39, 0.29) is 16.4 Å². The maximum atomic E-state index is 11.9. The van der Waals surface area contributed by atoms with Crippen LogP contribution >= 0.6 is 27.5 Å². The van der Waals surface area contributed by atoms with Crippen LogP contribution in [0.5, 0.6) is 0 Å². The van der Waals surface area contributed by atoms with Gasteiger partial charge in [0.05, 0.1) is 13.3 Å². The van der Waals surface area contributed by atoms with Gasteiger partial charge in [0.15, 0.2) is 25.9 Å². The number of carbonyl (C=O) groups excluding carboxylic acids is 1. The van der Waals surface area contributed by atoms with Gasteiger partial charge in [-0.15, -0.1) is 0 Å². The van der Waals surface area contributed by atoms with Crippen molar-refractivity contribution in [3.8, 4) is 0 Å². The van der Waals surface area contributed by atoms with Gasteiger partial charge in [0.2, 0.25) is 0 Å². The predicted octanol–water partition coefficient (Wildman–Crippen LogP) is 1.40. The lowest BCUT2D eigenvalue weighted by molar-refractivity contribution is -0.140. The summed E-state index contributed by atoms with van der Waals surface area (Å²) in [6.07, 6.45) is 2.37. The summed E-state index contributed by atoms with van der Waals surface area (Å²) < 4.78 is 30.1. The van der Waals surface area contributed by atoms with E-state index in [0.717, 1.165) is 13.4 Å². The second-order valence-electron chi connectivity index (χ2n) is 3.97. The zero-order valence-electron chi connectivity index (χ0n) is 10.4. The first-order valence-corrected chi connectivity index (χ1v) is 8.34. The molecule has 0 fully saturated rings. The molecule has 10 heteroatoms. The van der Waals surface area contributed by atoms with E-state index < -0.39 is 21.1 Å². The normalized spacial score (nSPS) is 13.4. The molecule has 20 heavy (non-hydrogen) atoms. The lowest BCUT2D eigenvalue weighted by Gasteiger charge is -2.14. The van der Waals surface area contributed by atoms with Gasteiger partial charge in [-0.25, -0.2) is 17.9 Å². The SMILES string of the molecule is COC(=O)C(c1cc(Cl)nn2c(Br)cnc12)S(C)(=O)=O. The highest BCUT2D eigenvalue weighted by atomic mass is 79.9. The van der Waals surface area contributed by atoms with Crippen LogP contribution in [0.25, 0.3) is 5.65 Å². The van der Waals surface area contributed by atoms with Crippen molar-refractivity contribution in [1.29, 1.82) is 0 Å². The number of carbonyl (C=O) groups is 1. The Morgan fingerprint density at radius 3 is 2.75 bits per heavy atom. The van der Waals surface area contributed by atoms with Crippen LogP contribution in [-0.2, 0) is 19.4 Å². The molecular formula is C10H9BrClN3O4S. The number of imidazole rings is 1. The molecule has 1 unspecified atom stereocenters. The second-order valence-corrected chi connectivity index (χ2v) is 7.30. The van der Waals surface area contributed by atoms with Crippen LogP contribution < -0.4 is 0 Å². The molecule has 0 aliphatic rings. The number of methoxy groups -OCH3 is 1. The van der Waals surface area contributed by atoms with Crippen molar-refractivity contribution in [2.24, 2.45) is 0 Å². The molecule has 2 rings (SSSR count). The van der Waals surface area contributed by atoms with Gasteiger partial charge in [-0.3, -0.25) is 4.79 Å². The summed E-state index contributed by atoms with van der Waals surface area (Å²) in [5.74, 6) is -0.907. The van der Waals surface area contributed by atoms with Gasteiger partial charge < -0.3 is 4.74 Å². The summed E-state index contributed by atoms with van der Waals surface area (Å²) in [6, 6.07) is 1.29. The number of ether oxygens (including phenoxy) is 1. The third kappa shape index (κ3) is 2.65. The summed E-state index contributed by atoms with van der Waals surface area (Å²) in [5.41, 5.74) is 0.326. The minimum atomic E-state index is -3.76. The number of hydrogen-bond donors (Lipinski definition) is 0. The van der Waals surface area contributed by atoms with Crippen molar-refractivity contribution in [3.63, 3.8) is 0 Å². The lowest BCUT2D eigenvalue weighted by atomic mass is 10.2. The summed E-state index contributed by atoms with van der Waals surface area (Å²) in [4.78, 5) is 15.8. The van der Waals surface area contributed by atoms with E-state index in [1.165, 1.54) is 16.8 Å². The Kier molecular flexibility index (Phi) is 4.03. The molecule has 0 radical (unpaired) electrons. The Bertz CT molecular complexity index is 789. The Hall–Kier alpha value is -1.19. The monoisotopic (exact) mass is 381 g/mol. The number of halogens is 2. The minimum absolute atomic E-state index is 0.0313. The highest BCUT2D eigenvalue weighted by Gasteiger charge is 2.35. The molecular weight excluding hydrogens is 374 g/mol. The number of hydrogen-bond acceptors (Lipinski definition) is 6. The fourth-order valence-corrected chi connectivity index (χ4v) is 3.39. The van der Waals surface area contributed by atoms with Gasteiger partial charge in [0, 0.05) is 11.8 Å². The molecule has 0 aliphatic carbocycles. The summed E-state index contributed by atoms with van der Waals surface area (Å²) >= 11 is 9.07. The number of fused-ring (bicyclic) bond motifs is 1. The molecule has 7 nitrogen and oxygen atoms in total. The van der Waals surface area contributed by atoms with Crippen molar-refractivity contribution in [3.05, 3.63) is 27.6 Å². The van der Waals surface area contributed by atoms with Gasteiger partial charge in [0.25, 0.3) is 0 Å². The molecule has 0 aromatic carbocycles. The molecule has 1 atom stereocenters. The van der Waals surface area contributed by atoms with Crippen LogP contribution in [0, 0.1) is 0 Å². The molecule has 0 saturated heterocycles. The largest absolute Gasteiger partial charge is 0.468 e. The molecule has 108 valence electrons. The molecule has 2 aromatic heterocycles. The van der Waals surface area contributed by atoms with E-state index in [0.29, 0.717) is 4.60 Å². The van der Waals surface area contributed by atoms with Gasteiger partial charge >= 0.3 is 5.97 Å². The Labute approximate surface area is 127 Å². The topological polar surface area (TPSA) is 90.6 Å². The number of nitrogens with zero attached hydrogens (tertiary/aromatic N) is 3. The van der Waals surface area contributed by atoms with E-state index in [2.05, 4.69) is 30.7 Å². The zero-order valence-corrected chi connectivity index (χ0v) is 13.5. The summed E-state index contributed by atoms with van der Waals surface area (Å²) in [7, 11) is -2.64. The van der Waals surface area contributed by atoms with Crippen molar-refractivity contribution in [2.45, 2.75) is 5.25 Å². The number of esters is 1. The first-order chi connectivity index (χ1) is 9.25. The lowest BCUT2D eigenvalue weighted by Crippen LogP contribution is -2.23. The van der Waals surface area contributed by atoms with Crippen LogP contribution in [0.1, 0.15) is 10.8 Å². The number of sulfone groups is 1. The highest BCUT2D eigenvalue weighted by molar-refractivity contribution is 9.10. The van der Waals surface area contributed by atoms with Crippen LogP contribution in [0.3, 0.4) is 0 Å². The van der Waals surface area contributed by atoms with E-state index in [1.54, 1.807) is 0 Å². The van der Waals surface area contributed by atoms with Gasteiger partial charge in [-0.05, 0) is 22.0 Å². The second kappa shape index (κ2) is 5.30. The summed E-state index contributed by atoms with van der Waals surface area (Å²) in [6.45, 7) is 0. The fourth-order valence-electron chi connectivity index (χ4n) is 1.77. The summed E-state index contributed by atoms with van der Waals surface area (Å²) in [5, 5.41) is 2.49. The highest BCUT2D eigenvalue weighted by Crippen LogP contribution is 2.29. The Morgan fingerprint density at radius 2 is 2.20 bits per heavy atom. The van der Waals surface area contributed by atoms with E-state index >= 15 is 0 Å². The minimum Gasteiger partial charge on any atom is -0.468 e. The van der Waals surface area contributed by atoms with E-state index in [1.807, 2.05) is 0 Å². The van der Waals surface area contributed by atoms with Crippen LogP contribution in [0.2, 0.25) is 5.15 Å². The Balaban J connectivity index is 2.81. The average molecular weight is 383 g/mol. The van der Waals surface area contributed by atoms with Crippen molar-refractivity contribution < 1.29 is 17.9 Å². The molecule has 0 aliphatic heterocycles.